The van der Waals surface area contributed by atoms with Gasteiger partial charge in [0.05, 0.1) is 0 Å². The molecule has 0 unspecified atom stereocenters. The van der Waals surface area contributed by atoms with Crippen LogP contribution in [0.4, 0.5) is 22.7 Å². The van der Waals surface area contributed by atoms with E-state index in [1.54, 1.807) is 0 Å². The van der Waals surface area contributed by atoms with Crippen LogP contribution in [0.1, 0.15) is 35.6 Å². The van der Waals surface area contributed by atoms with Crippen molar-refractivity contribution in [3.8, 4) is 11.1 Å². The fourth-order valence-corrected chi connectivity index (χ4v) is 4.61. The van der Waals surface area contributed by atoms with Gasteiger partial charge in [-0.1, -0.05) is 43.3 Å². The van der Waals surface area contributed by atoms with E-state index in [4.69, 9.17) is 22.9 Å². The highest BCUT2D eigenvalue weighted by atomic mass is 14.6. The van der Waals surface area contributed by atoms with Crippen molar-refractivity contribution in [2.75, 3.05) is 22.9 Å². The van der Waals surface area contributed by atoms with E-state index in [1.807, 2.05) is 42.5 Å². The summed E-state index contributed by atoms with van der Waals surface area (Å²) < 4.78 is 0. The number of benzene rings is 4. The number of hydrogen-bond donors (Lipinski definition) is 4. The first kappa shape index (κ1) is 22.3. The molecular weight excluding hydrogens is 404 g/mol. The van der Waals surface area contributed by atoms with Crippen molar-refractivity contribution in [2.45, 2.75) is 32.1 Å². The molecular formula is C29H32N4. The van der Waals surface area contributed by atoms with Crippen LogP contribution in [0.2, 0.25) is 0 Å². The van der Waals surface area contributed by atoms with Gasteiger partial charge in [0.1, 0.15) is 0 Å². The molecule has 0 bridgehead atoms. The van der Waals surface area contributed by atoms with Crippen LogP contribution in [0.5, 0.6) is 0 Å². The smallest absolute Gasteiger partial charge is 0.0317 e. The Kier molecular flexibility index (Phi) is 6.01. The number of hydrogen-bond acceptors (Lipinski definition) is 4. The Hall–Kier alpha value is -3.92. The Morgan fingerprint density at radius 1 is 0.576 bits per heavy atom. The van der Waals surface area contributed by atoms with Crippen LogP contribution < -0.4 is 22.9 Å². The van der Waals surface area contributed by atoms with Gasteiger partial charge in [-0.05, 0) is 102 Å². The monoisotopic (exact) mass is 436 g/mol. The minimum absolute atomic E-state index is 0.223. The fourth-order valence-electron chi connectivity index (χ4n) is 4.61. The van der Waals surface area contributed by atoms with Crippen LogP contribution in [0.3, 0.4) is 0 Å². The normalized spacial score (nSPS) is 11.5. The Morgan fingerprint density at radius 2 is 1.03 bits per heavy atom. The first-order valence-corrected chi connectivity index (χ1v) is 11.2. The fraction of sp³-hybridized carbons (Fsp3) is 0.172. The highest BCUT2D eigenvalue weighted by Crippen LogP contribution is 2.39. The largest absolute Gasteiger partial charge is 0.399 e. The standard InChI is InChI=1S/C29H32N4/c1-19-17-25(32)11-13-27(19)28-14-12-26(33)18-20(28)15-16-29(2,21-3-7-23(30)8-4-21)22-5-9-24(31)10-6-22/h3-14,17-18H,15-16,30-33H2,1-2H3. The topological polar surface area (TPSA) is 104 Å². The van der Waals surface area contributed by atoms with E-state index in [9.17, 15) is 0 Å². The molecule has 4 heteroatoms. The SMILES string of the molecule is Cc1cc(N)ccc1-c1ccc(N)cc1CCC(C)(c1ccc(N)cc1)c1ccc(N)cc1. The maximum Gasteiger partial charge on any atom is 0.0317 e. The van der Waals surface area contributed by atoms with Gasteiger partial charge in [0.25, 0.3) is 0 Å². The molecule has 0 heterocycles. The van der Waals surface area contributed by atoms with Crippen LogP contribution in [-0.2, 0) is 11.8 Å². The maximum atomic E-state index is 6.21. The summed E-state index contributed by atoms with van der Waals surface area (Å²) in [5.41, 5.74) is 34.2. The Balaban J connectivity index is 1.75. The summed E-state index contributed by atoms with van der Waals surface area (Å²) in [5.74, 6) is 0. The Labute approximate surface area is 196 Å². The van der Waals surface area contributed by atoms with Crippen LogP contribution >= 0.6 is 0 Å². The molecule has 0 fully saturated rings. The first-order valence-electron chi connectivity index (χ1n) is 11.2. The molecule has 0 aromatic heterocycles. The highest BCUT2D eigenvalue weighted by Gasteiger charge is 2.29. The minimum Gasteiger partial charge on any atom is -0.399 e. The van der Waals surface area contributed by atoms with Gasteiger partial charge in [-0.2, -0.15) is 0 Å². The molecule has 4 rings (SSSR count). The lowest BCUT2D eigenvalue weighted by Crippen LogP contribution is -2.25. The van der Waals surface area contributed by atoms with E-state index in [1.165, 1.54) is 27.8 Å². The second-order valence-corrected chi connectivity index (χ2v) is 9.07. The van der Waals surface area contributed by atoms with E-state index in [0.717, 1.165) is 41.2 Å². The summed E-state index contributed by atoms with van der Waals surface area (Å²) in [6.45, 7) is 4.38. The summed E-state index contributed by atoms with van der Waals surface area (Å²) in [6.07, 6.45) is 1.75. The van der Waals surface area contributed by atoms with Crippen LogP contribution in [0, 0.1) is 6.92 Å². The highest BCUT2D eigenvalue weighted by molar-refractivity contribution is 5.74. The molecule has 33 heavy (non-hydrogen) atoms. The average molecular weight is 437 g/mol. The second kappa shape index (κ2) is 8.91. The van der Waals surface area contributed by atoms with Crippen molar-refractivity contribution in [1.29, 1.82) is 0 Å². The van der Waals surface area contributed by atoms with Gasteiger partial charge in [0, 0.05) is 28.2 Å². The third kappa shape index (κ3) is 4.65. The molecule has 0 amide bonds. The summed E-state index contributed by atoms with van der Waals surface area (Å²) in [7, 11) is 0. The van der Waals surface area contributed by atoms with Crippen molar-refractivity contribution in [2.24, 2.45) is 0 Å². The van der Waals surface area contributed by atoms with Gasteiger partial charge >= 0.3 is 0 Å². The average Bonchev–Trinajstić information content (AvgIpc) is 2.79. The molecule has 0 spiro atoms. The van der Waals surface area contributed by atoms with Crippen molar-refractivity contribution in [3.05, 3.63) is 107 Å². The quantitative estimate of drug-likeness (QED) is 0.281. The predicted octanol–water partition coefficient (Wildman–Crippen LogP) is 5.93. The lowest BCUT2D eigenvalue weighted by Gasteiger charge is -2.32. The summed E-state index contributed by atoms with van der Waals surface area (Å²) >= 11 is 0. The van der Waals surface area contributed by atoms with E-state index in [0.29, 0.717) is 0 Å². The van der Waals surface area contributed by atoms with Crippen LogP contribution in [0.25, 0.3) is 11.1 Å². The molecule has 0 saturated heterocycles. The van der Waals surface area contributed by atoms with Crippen LogP contribution in [0.15, 0.2) is 84.9 Å². The molecule has 0 aliphatic carbocycles. The molecule has 0 saturated carbocycles. The molecule has 0 aliphatic heterocycles. The third-order valence-electron chi connectivity index (χ3n) is 6.66. The zero-order valence-electron chi connectivity index (χ0n) is 19.3. The zero-order chi connectivity index (χ0) is 23.6. The molecule has 0 radical (unpaired) electrons. The van der Waals surface area contributed by atoms with Crippen molar-refractivity contribution >= 4 is 22.7 Å². The first-order chi connectivity index (χ1) is 15.8. The molecule has 4 nitrogen and oxygen atoms in total. The van der Waals surface area contributed by atoms with E-state index < -0.39 is 0 Å². The Morgan fingerprint density at radius 3 is 1.55 bits per heavy atom. The number of nitrogens with two attached hydrogens (primary N) is 4. The van der Waals surface area contributed by atoms with Crippen molar-refractivity contribution < 1.29 is 0 Å². The predicted molar refractivity (Wildman–Crippen MR) is 142 cm³/mol. The molecule has 8 N–H and O–H groups in total. The summed E-state index contributed by atoms with van der Waals surface area (Å²) in [5, 5.41) is 0. The lowest BCUT2D eigenvalue weighted by molar-refractivity contribution is 0.520. The molecule has 0 aliphatic rings. The van der Waals surface area contributed by atoms with Gasteiger partial charge in [-0.15, -0.1) is 0 Å². The number of rotatable bonds is 6. The second-order valence-electron chi connectivity index (χ2n) is 9.07. The van der Waals surface area contributed by atoms with Gasteiger partial charge < -0.3 is 22.9 Å². The number of aryl methyl sites for hydroxylation is 2. The van der Waals surface area contributed by atoms with Gasteiger partial charge in [-0.3, -0.25) is 0 Å². The molecule has 0 atom stereocenters. The molecule has 4 aromatic carbocycles. The molecule has 4 aromatic rings. The summed E-state index contributed by atoms with van der Waals surface area (Å²) in [4.78, 5) is 0. The summed E-state index contributed by atoms with van der Waals surface area (Å²) in [6, 6.07) is 28.6. The van der Waals surface area contributed by atoms with Crippen molar-refractivity contribution in [3.63, 3.8) is 0 Å². The van der Waals surface area contributed by atoms with Crippen LogP contribution in [-0.4, -0.2) is 0 Å². The van der Waals surface area contributed by atoms with Gasteiger partial charge in [0.2, 0.25) is 0 Å². The van der Waals surface area contributed by atoms with Crippen molar-refractivity contribution in [1.82, 2.24) is 0 Å². The third-order valence-corrected chi connectivity index (χ3v) is 6.66. The Bertz CT molecular complexity index is 1210. The maximum absolute atomic E-state index is 6.21. The van der Waals surface area contributed by atoms with E-state index in [-0.39, 0.29) is 5.41 Å². The zero-order valence-corrected chi connectivity index (χ0v) is 19.3. The lowest BCUT2D eigenvalue weighted by atomic mass is 9.72. The van der Waals surface area contributed by atoms with E-state index in [2.05, 4.69) is 56.3 Å². The molecule has 168 valence electrons. The minimum atomic E-state index is -0.223. The number of anilines is 4. The van der Waals surface area contributed by atoms with Gasteiger partial charge in [-0.25, -0.2) is 0 Å². The number of nitrogen functional groups attached to an aromatic ring is 4. The van der Waals surface area contributed by atoms with Gasteiger partial charge in [0.15, 0.2) is 0 Å². The van der Waals surface area contributed by atoms with E-state index >= 15 is 0 Å².